The van der Waals surface area contributed by atoms with Crippen LogP contribution in [0.25, 0.3) is 10.8 Å². The van der Waals surface area contributed by atoms with Crippen molar-refractivity contribution in [1.82, 2.24) is 0 Å². The second-order valence-corrected chi connectivity index (χ2v) is 3.56. The molecule has 72 valence electrons. The van der Waals surface area contributed by atoms with Crippen molar-refractivity contribution < 1.29 is 5.11 Å². The molecule has 0 spiro atoms. The van der Waals surface area contributed by atoms with Crippen molar-refractivity contribution in [3.8, 4) is 5.75 Å². The summed E-state index contributed by atoms with van der Waals surface area (Å²) >= 11 is 0. The molecule has 2 aromatic rings. The van der Waals surface area contributed by atoms with E-state index in [0.29, 0.717) is 5.75 Å². The summed E-state index contributed by atoms with van der Waals surface area (Å²) in [6.45, 7) is 3.81. The summed E-state index contributed by atoms with van der Waals surface area (Å²) in [5, 5.41) is 11.7. The molecule has 0 aromatic heterocycles. The van der Waals surface area contributed by atoms with Crippen molar-refractivity contribution in [3.05, 3.63) is 35.4 Å². The van der Waals surface area contributed by atoms with E-state index >= 15 is 0 Å². The zero-order valence-corrected chi connectivity index (χ0v) is 8.33. The van der Waals surface area contributed by atoms with Crippen molar-refractivity contribution in [2.24, 2.45) is 0 Å². The minimum atomic E-state index is 0.340. The van der Waals surface area contributed by atoms with Gasteiger partial charge in [0.1, 0.15) is 5.75 Å². The summed E-state index contributed by atoms with van der Waals surface area (Å²) in [4.78, 5) is 0. The molecular weight excluding hydrogens is 174 g/mol. The van der Waals surface area contributed by atoms with E-state index in [4.69, 9.17) is 5.73 Å². The minimum absolute atomic E-state index is 0.340. The molecule has 0 saturated heterocycles. The Balaban J connectivity index is 3.02. The van der Waals surface area contributed by atoms with Gasteiger partial charge in [0.15, 0.2) is 0 Å². The van der Waals surface area contributed by atoms with E-state index in [1.54, 1.807) is 0 Å². The molecule has 2 aromatic carbocycles. The van der Waals surface area contributed by atoms with Gasteiger partial charge in [0, 0.05) is 16.5 Å². The molecule has 0 saturated carbocycles. The highest BCUT2D eigenvalue weighted by atomic mass is 16.3. The molecule has 0 radical (unpaired) electrons. The van der Waals surface area contributed by atoms with Gasteiger partial charge >= 0.3 is 0 Å². The van der Waals surface area contributed by atoms with E-state index in [0.717, 1.165) is 27.6 Å². The van der Waals surface area contributed by atoms with Crippen LogP contribution in [0.4, 0.5) is 5.69 Å². The molecule has 0 atom stereocenters. The first-order chi connectivity index (χ1) is 6.63. The molecule has 0 heterocycles. The molecular formula is C12H13NO. The van der Waals surface area contributed by atoms with Crippen molar-refractivity contribution in [2.75, 3.05) is 5.73 Å². The number of anilines is 1. The normalized spacial score (nSPS) is 10.7. The fourth-order valence-corrected chi connectivity index (χ4v) is 1.71. The van der Waals surface area contributed by atoms with Crippen molar-refractivity contribution in [1.29, 1.82) is 0 Å². The molecule has 2 heteroatoms. The highest BCUT2D eigenvalue weighted by Crippen LogP contribution is 2.35. The predicted molar refractivity (Wildman–Crippen MR) is 59.5 cm³/mol. The summed E-state index contributed by atoms with van der Waals surface area (Å²) in [7, 11) is 0. The fraction of sp³-hybridized carbons (Fsp3) is 0.167. The molecule has 0 fully saturated rings. The van der Waals surface area contributed by atoms with E-state index in [1.165, 1.54) is 0 Å². The Morgan fingerprint density at radius 1 is 1.00 bits per heavy atom. The maximum atomic E-state index is 9.91. The summed E-state index contributed by atoms with van der Waals surface area (Å²) < 4.78 is 0. The Morgan fingerprint density at radius 2 is 1.57 bits per heavy atom. The number of aromatic hydroxyl groups is 1. The van der Waals surface area contributed by atoms with Crippen molar-refractivity contribution >= 4 is 16.5 Å². The van der Waals surface area contributed by atoms with Gasteiger partial charge in [-0.15, -0.1) is 0 Å². The fourth-order valence-electron chi connectivity index (χ4n) is 1.71. The van der Waals surface area contributed by atoms with Crippen LogP contribution in [0.3, 0.4) is 0 Å². The summed E-state index contributed by atoms with van der Waals surface area (Å²) in [5.74, 6) is 0.340. The van der Waals surface area contributed by atoms with Gasteiger partial charge in [0.25, 0.3) is 0 Å². The first-order valence-electron chi connectivity index (χ1n) is 4.59. The Bertz CT molecular complexity index is 457. The SMILES string of the molecule is Cc1c(C)c(O)c2ccccc2c1N. The number of fused-ring (bicyclic) bond motifs is 1. The van der Waals surface area contributed by atoms with E-state index in [-0.39, 0.29) is 0 Å². The molecule has 2 rings (SSSR count). The average molecular weight is 187 g/mol. The monoisotopic (exact) mass is 187 g/mol. The van der Waals surface area contributed by atoms with Crippen LogP contribution in [0.2, 0.25) is 0 Å². The second-order valence-electron chi connectivity index (χ2n) is 3.56. The number of phenolic OH excluding ortho intramolecular Hbond substituents is 1. The van der Waals surface area contributed by atoms with Crippen molar-refractivity contribution in [3.63, 3.8) is 0 Å². The molecule has 3 N–H and O–H groups in total. The lowest BCUT2D eigenvalue weighted by Gasteiger charge is -2.11. The van der Waals surface area contributed by atoms with E-state index < -0.39 is 0 Å². The van der Waals surface area contributed by atoms with Gasteiger partial charge in [-0.3, -0.25) is 0 Å². The zero-order valence-electron chi connectivity index (χ0n) is 8.33. The molecule has 0 unspecified atom stereocenters. The van der Waals surface area contributed by atoms with E-state index in [9.17, 15) is 5.11 Å². The van der Waals surface area contributed by atoms with E-state index in [2.05, 4.69) is 0 Å². The maximum Gasteiger partial charge on any atom is 0.126 e. The Hall–Kier alpha value is -1.70. The number of nitrogens with two attached hydrogens (primary N) is 1. The van der Waals surface area contributed by atoms with E-state index in [1.807, 2.05) is 38.1 Å². The Labute approximate surface area is 83.0 Å². The van der Waals surface area contributed by atoms with Crippen LogP contribution in [0.15, 0.2) is 24.3 Å². The molecule has 0 amide bonds. The molecule has 0 aliphatic carbocycles. The van der Waals surface area contributed by atoms with Gasteiger partial charge in [-0.1, -0.05) is 24.3 Å². The number of hydrogen-bond acceptors (Lipinski definition) is 2. The van der Waals surface area contributed by atoms with Gasteiger partial charge < -0.3 is 10.8 Å². The number of nitrogen functional groups attached to an aromatic ring is 1. The molecule has 0 bridgehead atoms. The predicted octanol–water partition coefficient (Wildman–Crippen LogP) is 2.74. The third-order valence-corrected chi connectivity index (χ3v) is 2.79. The van der Waals surface area contributed by atoms with Crippen LogP contribution in [0.1, 0.15) is 11.1 Å². The number of rotatable bonds is 0. The van der Waals surface area contributed by atoms with Crippen LogP contribution < -0.4 is 5.73 Å². The molecule has 0 aliphatic rings. The third-order valence-electron chi connectivity index (χ3n) is 2.79. The summed E-state index contributed by atoms with van der Waals surface area (Å²) in [5.41, 5.74) is 8.56. The maximum absolute atomic E-state index is 9.91. The first-order valence-corrected chi connectivity index (χ1v) is 4.59. The smallest absolute Gasteiger partial charge is 0.126 e. The van der Waals surface area contributed by atoms with Crippen LogP contribution >= 0.6 is 0 Å². The van der Waals surface area contributed by atoms with Gasteiger partial charge in [0.2, 0.25) is 0 Å². The van der Waals surface area contributed by atoms with Crippen LogP contribution in [0.5, 0.6) is 5.75 Å². The van der Waals surface area contributed by atoms with Crippen LogP contribution in [0, 0.1) is 13.8 Å². The standard InChI is InChI=1S/C12H13NO/c1-7-8(2)12(14)10-6-4-3-5-9(10)11(7)13/h3-6,14H,13H2,1-2H3. The second kappa shape index (κ2) is 2.91. The minimum Gasteiger partial charge on any atom is -0.507 e. The van der Waals surface area contributed by atoms with Crippen molar-refractivity contribution in [2.45, 2.75) is 13.8 Å². The lowest BCUT2D eigenvalue weighted by molar-refractivity contribution is 0.477. The van der Waals surface area contributed by atoms with Crippen LogP contribution in [-0.4, -0.2) is 5.11 Å². The molecule has 0 aliphatic heterocycles. The average Bonchev–Trinajstić information content (AvgIpc) is 2.23. The summed E-state index contributed by atoms with van der Waals surface area (Å²) in [6.07, 6.45) is 0. The first kappa shape index (κ1) is 8.88. The van der Waals surface area contributed by atoms with Gasteiger partial charge in [-0.05, 0) is 25.0 Å². The third kappa shape index (κ3) is 1.04. The lowest BCUT2D eigenvalue weighted by Crippen LogP contribution is -1.94. The van der Waals surface area contributed by atoms with Gasteiger partial charge in [-0.25, -0.2) is 0 Å². The van der Waals surface area contributed by atoms with Gasteiger partial charge in [-0.2, -0.15) is 0 Å². The largest absolute Gasteiger partial charge is 0.507 e. The number of phenols is 1. The number of benzene rings is 2. The Morgan fingerprint density at radius 3 is 2.21 bits per heavy atom. The topological polar surface area (TPSA) is 46.2 Å². The Kier molecular flexibility index (Phi) is 1.84. The summed E-state index contributed by atoms with van der Waals surface area (Å²) in [6, 6.07) is 7.63. The zero-order chi connectivity index (χ0) is 10.3. The molecule has 14 heavy (non-hydrogen) atoms. The highest BCUT2D eigenvalue weighted by Gasteiger charge is 2.10. The lowest BCUT2D eigenvalue weighted by atomic mass is 9.99. The molecule has 2 nitrogen and oxygen atoms in total. The van der Waals surface area contributed by atoms with Crippen LogP contribution in [-0.2, 0) is 0 Å². The number of hydrogen-bond donors (Lipinski definition) is 2. The van der Waals surface area contributed by atoms with Gasteiger partial charge in [0.05, 0.1) is 0 Å². The highest BCUT2D eigenvalue weighted by molar-refractivity contribution is 5.99. The quantitative estimate of drug-likeness (QED) is 0.492.